The molecule has 1 aromatic heterocycles. The van der Waals surface area contributed by atoms with Crippen LogP contribution in [0.4, 0.5) is 0 Å². The number of nitrogens with one attached hydrogen (secondary N) is 2. The smallest absolute Gasteiger partial charge is 0.287 e. The molecule has 6 nitrogen and oxygen atoms in total. The number of aromatic nitrogens is 2. The number of imidazole rings is 1. The molecule has 0 aliphatic rings. The lowest BCUT2D eigenvalue weighted by molar-refractivity contribution is -0.119. The maximum Gasteiger partial charge on any atom is 0.287 e. The van der Waals surface area contributed by atoms with Gasteiger partial charge in [0.1, 0.15) is 6.04 Å². The molecule has 0 fully saturated rings. The van der Waals surface area contributed by atoms with E-state index in [1.807, 2.05) is 18.2 Å². The van der Waals surface area contributed by atoms with Crippen molar-refractivity contribution in [2.24, 2.45) is 5.73 Å². The molecule has 0 saturated heterocycles. The van der Waals surface area contributed by atoms with Gasteiger partial charge in [-0.3, -0.25) is 9.59 Å². The van der Waals surface area contributed by atoms with E-state index < -0.39 is 17.9 Å². The van der Waals surface area contributed by atoms with E-state index in [9.17, 15) is 9.59 Å². The van der Waals surface area contributed by atoms with Crippen molar-refractivity contribution in [2.45, 2.75) is 13.0 Å². The first-order chi connectivity index (χ1) is 8.08. The van der Waals surface area contributed by atoms with Gasteiger partial charge in [-0.1, -0.05) is 12.1 Å². The van der Waals surface area contributed by atoms with E-state index in [-0.39, 0.29) is 5.82 Å². The lowest BCUT2D eigenvalue weighted by Gasteiger charge is -2.07. The number of primary amides is 1. The maximum atomic E-state index is 11.7. The lowest BCUT2D eigenvalue weighted by Crippen LogP contribution is -2.42. The number of H-pyrrole nitrogens is 1. The zero-order chi connectivity index (χ0) is 12.4. The average Bonchev–Trinajstić information content (AvgIpc) is 2.72. The van der Waals surface area contributed by atoms with Crippen LogP contribution in [0.25, 0.3) is 11.0 Å². The molecule has 0 radical (unpaired) electrons. The summed E-state index contributed by atoms with van der Waals surface area (Å²) in [6, 6.07) is 6.55. The zero-order valence-electron chi connectivity index (χ0n) is 9.23. The summed E-state index contributed by atoms with van der Waals surface area (Å²) >= 11 is 0. The number of aromatic amines is 1. The van der Waals surface area contributed by atoms with Gasteiger partial charge in [-0.2, -0.15) is 0 Å². The Bertz CT molecular complexity index is 543. The molecule has 2 rings (SSSR count). The fraction of sp³-hybridized carbons (Fsp3) is 0.182. The van der Waals surface area contributed by atoms with E-state index in [4.69, 9.17) is 5.73 Å². The van der Waals surface area contributed by atoms with Gasteiger partial charge in [-0.25, -0.2) is 4.98 Å². The van der Waals surface area contributed by atoms with Crippen LogP contribution in [0.1, 0.15) is 17.5 Å². The summed E-state index contributed by atoms with van der Waals surface area (Å²) in [4.78, 5) is 29.5. The van der Waals surface area contributed by atoms with Crippen molar-refractivity contribution in [1.29, 1.82) is 0 Å². The predicted molar refractivity (Wildman–Crippen MR) is 62.2 cm³/mol. The molecule has 1 unspecified atom stereocenters. The molecule has 2 amide bonds. The Morgan fingerprint density at radius 3 is 2.76 bits per heavy atom. The van der Waals surface area contributed by atoms with Gasteiger partial charge in [0.05, 0.1) is 11.0 Å². The van der Waals surface area contributed by atoms with Gasteiger partial charge >= 0.3 is 0 Å². The summed E-state index contributed by atoms with van der Waals surface area (Å²) < 4.78 is 0. The van der Waals surface area contributed by atoms with Crippen molar-refractivity contribution in [3.8, 4) is 0 Å². The third kappa shape index (κ3) is 2.25. The van der Waals surface area contributed by atoms with Gasteiger partial charge in [-0.15, -0.1) is 0 Å². The molecule has 0 aliphatic heterocycles. The van der Waals surface area contributed by atoms with Gasteiger partial charge in [0, 0.05) is 0 Å². The molecule has 0 saturated carbocycles. The Labute approximate surface area is 97.2 Å². The van der Waals surface area contributed by atoms with E-state index in [2.05, 4.69) is 15.3 Å². The summed E-state index contributed by atoms with van der Waals surface area (Å²) in [5, 5.41) is 2.45. The highest BCUT2D eigenvalue weighted by Crippen LogP contribution is 2.10. The van der Waals surface area contributed by atoms with Crippen molar-refractivity contribution in [3.63, 3.8) is 0 Å². The van der Waals surface area contributed by atoms with Gasteiger partial charge < -0.3 is 16.0 Å². The third-order valence-corrected chi connectivity index (χ3v) is 2.38. The Morgan fingerprint density at radius 1 is 1.41 bits per heavy atom. The summed E-state index contributed by atoms with van der Waals surface area (Å²) in [6.07, 6.45) is 0. The molecule has 1 aromatic carbocycles. The summed E-state index contributed by atoms with van der Waals surface area (Å²) in [6.45, 7) is 1.52. The molecular formula is C11H12N4O2. The Balaban J connectivity index is 2.22. The fourth-order valence-corrected chi connectivity index (χ4v) is 1.40. The summed E-state index contributed by atoms with van der Waals surface area (Å²) in [5.41, 5.74) is 6.52. The number of rotatable bonds is 3. The summed E-state index contributed by atoms with van der Waals surface area (Å²) in [7, 11) is 0. The molecule has 0 bridgehead atoms. The van der Waals surface area contributed by atoms with Crippen LogP contribution in [0.3, 0.4) is 0 Å². The number of nitrogens with two attached hydrogens (primary N) is 1. The number of hydrogen-bond acceptors (Lipinski definition) is 3. The molecule has 1 heterocycles. The first kappa shape index (κ1) is 11.1. The number of amides is 2. The molecule has 0 aliphatic carbocycles. The molecule has 0 spiro atoms. The van der Waals surface area contributed by atoms with Gasteiger partial charge in [0.2, 0.25) is 5.91 Å². The number of carbonyl (C=O) groups is 2. The number of para-hydroxylation sites is 2. The van der Waals surface area contributed by atoms with Crippen LogP contribution in [0.15, 0.2) is 24.3 Å². The van der Waals surface area contributed by atoms with Gasteiger partial charge in [-0.05, 0) is 19.1 Å². The topological polar surface area (TPSA) is 101 Å². The number of nitrogens with zero attached hydrogens (tertiary/aromatic N) is 1. The summed E-state index contributed by atoms with van der Waals surface area (Å²) in [5.74, 6) is -0.874. The molecule has 1 atom stereocenters. The highest BCUT2D eigenvalue weighted by Gasteiger charge is 2.16. The second kappa shape index (κ2) is 4.25. The number of hydrogen-bond donors (Lipinski definition) is 3. The molecule has 6 heteroatoms. The molecule has 88 valence electrons. The van der Waals surface area contributed by atoms with Crippen LogP contribution in [-0.2, 0) is 4.79 Å². The third-order valence-electron chi connectivity index (χ3n) is 2.38. The molecule has 17 heavy (non-hydrogen) atoms. The first-order valence-electron chi connectivity index (χ1n) is 5.13. The Kier molecular flexibility index (Phi) is 2.78. The van der Waals surface area contributed by atoms with E-state index in [1.54, 1.807) is 6.07 Å². The van der Waals surface area contributed by atoms with Crippen LogP contribution < -0.4 is 11.1 Å². The van der Waals surface area contributed by atoms with Crippen molar-refractivity contribution < 1.29 is 9.59 Å². The second-order valence-corrected chi connectivity index (χ2v) is 3.70. The quantitative estimate of drug-likeness (QED) is 0.702. The van der Waals surface area contributed by atoms with Crippen LogP contribution >= 0.6 is 0 Å². The lowest BCUT2D eigenvalue weighted by atomic mass is 10.3. The number of carbonyl (C=O) groups excluding carboxylic acids is 2. The van der Waals surface area contributed by atoms with E-state index >= 15 is 0 Å². The predicted octanol–water partition coefficient (Wildman–Crippen LogP) is 0.167. The van der Waals surface area contributed by atoms with Crippen molar-refractivity contribution >= 4 is 22.8 Å². The average molecular weight is 232 g/mol. The van der Waals surface area contributed by atoms with Crippen molar-refractivity contribution in [1.82, 2.24) is 15.3 Å². The first-order valence-corrected chi connectivity index (χ1v) is 5.13. The van der Waals surface area contributed by atoms with E-state index in [0.717, 1.165) is 5.52 Å². The SMILES string of the molecule is CC(NC(=O)c1nc2ccccc2[nH]1)C(N)=O. The fourth-order valence-electron chi connectivity index (χ4n) is 1.40. The Morgan fingerprint density at radius 2 is 2.12 bits per heavy atom. The zero-order valence-corrected chi connectivity index (χ0v) is 9.23. The maximum absolute atomic E-state index is 11.7. The minimum Gasteiger partial charge on any atom is -0.368 e. The van der Waals surface area contributed by atoms with Gasteiger partial charge in [0.25, 0.3) is 5.91 Å². The van der Waals surface area contributed by atoms with E-state index in [1.165, 1.54) is 6.92 Å². The minimum atomic E-state index is -0.726. The number of benzene rings is 1. The standard InChI is InChI=1S/C11H12N4O2/c1-6(9(12)16)13-11(17)10-14-7-4-2-3-5-8(7)15-10/h2-6H,1H3,(H2,12,16)(H,13,17)(H,14,15). The highest BCUT2D eigenvalue weighted by atomic mass is 16.2. The highest BCUT2D eigenvalue weighted by molar-refractivity contribution is 5.96. The normalized spacial score (nSPS) is 12.3. The second-order valence-electron chi connectivity index (χ2n) is 3.70. The molecular weight excluding hydrogens is 220 g/mol. The van der Waals surface area contributed by atoms with Crippen LogP contribution in [0.2, 0.25) is 0 Å². The van der Waals surface area contributed by atoms with E-state index in [0.29, 0.717) is 5.52 Å². The largest absolute Gasteiger partial charge is 0.368 e. The monoisotopic (exact) mass is 232 g/mol. The van der Waals surface area contributed by atoms with Gasteiger partial charge in [0.15, 0.2) is 5.82 Å². The molecule has 2 aromatic rings. The Hall–Kier alpha value is -2.37. The minimum absolute atomic E-state index is 0.166. The van der Waals surface area contributed by atoms with Crippen LogP contribution in [-0.4, -0.2) is 27.8 Å². The molecule has 4 N–H and O–H groups in total. The van der Waals surface area contributed by atoms with Crippen molar-refractivity contribution in [3.05, 3.63) is 30.1 Å². The van der Waals surface area contributed by atoms with Crippen LogP contribution in [0, 0.1) is 0 Å². The number of fused-ring (bicyclic) bond motifs is 1. The van der Waals surface area contributed by atoms with Crippen molar-refractivity contribution in [2.75, 3.05) is 0 Å². The van der Waals surface area contributed by atoms with Crippen LogP contribution in [0.5, 0.6) is 0 Å².